The lowest BCUT2D eigenvalue weighted by Crippen LogP contribution is -3.00. The highest BCUT2D eigenvalue weighted by molar-refractivity contribution is 14.1. The van der Waals surface area contributed by atoms with Gasteiger partial charge < -0.3 is 28.7 Å². The topological polar surface area (TPSA) is 12.2 Å². The van der Waals surface area contributed by atoms with Crippen LogP contribution in [0.15, 0.2) is 39.7 Å². The van der Waals surface area contributed by atoms with Crippen LogP contribution in [0.2, 0.25) is 0 Å². The molecule has 1 fully saturated rings. The van der Waals surface area contributed by atoms with E-state index in [-0.39, 0.29) is 29.5 Å². The van der Waals surface area contributed by atoms with Crippen LogP contribution in [0.3, 0.4) is 0 Å². The van der Waals surface area contributed by atoms with E-state index >= 15 is 0 Å². The molecule has 2 atom stereocenters. The van der Waals surface area contributed by atoms with E-state index in [4.69, 9.17) is 4.74 Å². The molecule has 0 saturated heterocycles. The van der Waals surface area contributed by atoms with Crippen molar-refractivity contribution in [1.29, 1.82) is 0 Å². The molecular formula is C24H35I2NO. The van der Waals surface area contributed by atoms with Crippen molar-refractivity contribution in [3.8, 4) is 0 Å². The predicted molar refractivity (Wildman–Crippen MR) is 123 cm³/mol. The highest BCUT2D eigenvalue weighted by atomic mass is 127. The third-order valence-corrected chi connectivity index (χ3v) is 7.06. The molecule has 0 radical (unpaired) electrons. The molecule has 1 aromatic rings. The summed E-state index contributed by atoms with van der Waals surface area (Å²) in [6.07, 6.45) is 8.82. The van der Waals surface area contributed by atoms with Crippen LogP contribution in [0.1, 0.15) is 84.1 Å². The molecule has 0 spiro atoms. The number of hydrogen-bond donors (Lipinski definition) is 0. The molecule has 1 aliphatic heterocycles. The third kappa shape index (κ3) is 4.96. The molecule has 1 saturated carbocycles. The molecule has 28 heavy (non-hydrogen) atoms. The minimum atomic E-state index is 0. The van der Waals surface area contributed by atoms with Gasteiger partial charge in [-0.05, 0) is 54.3 Å². The van der Waals surface area contributed by atoms with Crippen molar-refractivity contribution in [2.24, 2.45) is 5.92 Å². The fourth-order valence-corrected chi connectivity index (χ4v) is 5.59. The number of rotatable bonds is 7. The van der Waals surface area contributed by atoms with Gasteiger partial charge in [0, 0.05) is 22.3 Å². The Labute approximate surface area is 202 Å². The first kappa shape index (κ1) is 24.2. The lowest BCUT2D eigenvalue weighted by atomic mass is 9.81. The number of nitrogens with zero attached hydrogens (tertiary/aromatic N) is 1. The van der Waals surface area contributed by atoms with Gasteiger partial charge in [0.1, 0.15) is 0 Å². The van der Waals surface area contributed by atoms with Crippen molar-refractivity contribution in [3.05, 3.63) is 45.2 Å². The summed E-state index contributed by atoms with van der Waals surface area (Å²) < 4.78 is 10.6. The van der Waals surface area contributed by atoms with Crippen LogP contribution in [-0.2, 0) is 4.74 Å². The van der Waals surface area contributed by atoms with Gasteiger partial charge in [-0.2, -0.15) is 4.58 Å². The largest absolute Gasteiger partial charge is 1.00 e. The summed E-state index contributed by atoms with van der Waals surface area (Å²) >= 11 is 2.47. The average molecular weight is 607 g/mol. The van der Waals surface area contributed by atoms with Gasteiger partial charge in [0.2, 0.25) is 5.54 Å². The smallest absolute Gasteiger partial charge is 0.342 e. The van der Waals surface area contributed by atoms with Crippen molar-refractivity contribution in [2.45, 2.75) is 84.1 Å². The maximum Gasteiger partial charge on any atom is 0.342 e. The van der Waals surface area contributed by atoms with Gasteiger partial charge in [0.05, 0.1) is 6.42 Å². The standard InChI is InChI=1S/C24H35INO.HI/c1-5-6-16-22-26(17-18(2)20-12-8-7-9-13-20)24(4,21-14-10-11-15-21)23(27-22)19(3)25;/h7-9,12-13,18,21H,5-6,10-11,14-17H2,1-4H3;1H/q+1;/p-1. The van der Waals surface area contributed by atoms with Crippen LogP contribution in [0.4, 0.5) is 0 Å². The van der Waals surface area contributed by atoms with Gasteiger partial charge in [0.25, 0.3) is 0 Å². The van der Waals surface area contributed by atoms with E-state index in [1.807, 2.05) is 0 Å². The predicted octanol–water partition coefficient (Wildman–Crippen LogP) is 4.04. The van der Waals surface area contributed by atoms with Gasteiger partial charge in [-0.15, -0.1) is 0 Å². The molecule has 3 rings (SSSR count). The molecule has 0 aromatic heterocycles. The van der Waals surface area contributed by atoms with Crippen molar-refractivity contribution >= 4 is 28.5 Å². The molecule has 4 heteroatoms. The fourth-order valence-electron chi connectivity index (χ4n) is 4.94. The summed E-state index contributed by atoms with van der Waals surface area (Å²) in [7, 11) is 0. The van der Waals surface area contributed by atoms with E-state index in [0.29, 0.717) is 11.8 Å². The van der Waals surface area contributed by atoms with Gasteiger partial charge in [-0.1, -0.05) is 63.4 Å². The molecule has 2 aliphatic rings. The monoisotopic (exact) mass is 607 g/mol. The van der Waals surface area contributed by atoms with Crippen molar-refractivity contribution in [3.63, 3.8) is 0 Å². The van der Waals surface area contributed by atoms with E-state index in [1.54, 1.807) is 0 Å². The minimum Gasteiger partial charge on any atom is -1.00 e. The molecule has 1 aromatic carbocycles. The van der Waals surface area contributed by atoms with Crippen LogP contribution in [0, 0.1) is 5.92 Å². The minimum absolute atomic E-state index is 0. The van der Waals surface area contributed by atoms with Crippen LogP contribution in [0.25, 0.3) is 0 Å². The normalized spacial score (nSPS) is 25.5. The van der Waals surface area contributed by atoms with Crippen LogP contribution >= 0.6 is 22.6 Å². The van der Waals surface area contributed by atoms with Crippen LogP contribution in [-0.4, -0.2) is 22.6 Å². The second kappa shape index (κ2) is 10.8. The van der Waals surface area contributed by atoms with Crippen molar-refractivity contribution in [2.75, 3.05) is 6.54 Å². The Bertz CT molecular complexity index is 703. The van der Waals surface area contributed by atoms with Gasteiger partial charge in [-0.3, -0.25) is 0 Å². The second-order valence-electron chi connectivity index (χ2n) is 8.51. The summed E-state index contributed by atoms with van der Waals surface area (Å²) in [5, 5.41) is 0. The average Bonchev–Trinajstić information content (AvgIpc) is 3.29. The van der Waals surface area contributed by atoms with Crippen molar-refractivity contribution < 1.29 is 33.3 Å². The van der Waals surface area contributed by atoms with E-state index in [2.05, 4.69) is 85.2 Å². The Morgan fingerprint density at radius 2 is 1.89 bits per heavy atom. The Hall–Kier alpha value is -0.110. The maximum atomic E-state index is 6.62. The first-order valence-electron chi connectivity index (χ1n) is 10.7. The van der Waals surface area contributed by atoms with Crippen molar-refractivity contribution in [1.82, 2.24) is 0 Å². The fraction of sp³-hybridized carbons (Fsp3) is 0.625. The summed E-state index contributed by atoms with van der Waals surface area (Å²) in [5.74, 6) is 3.61. The molecule has 2 unspecified atom stereocenters. The van der Waals surface area contributed by atoms with Crippen LogP contribution in [0.5, 0.6) is 0 Å². The number of unbranched alkanes of at least 4 members (excludes halogenated alkanes) is 1. The number of allylic oxidation sites excluding steroid dienone is 1. The van der Waals surface area contributed by atoms with E-state index < -0.39 is 0 Å². The Kier molecular flexibility index (Phi) is 9.30. The first-order valence-corrected chi connectivity index (χ1v) is 11.8. The third-order valence-electron chi connectivity index (χ3n) is 6.57. The zero-order valence-corrected chi connectivity index (χ0v) is 22.1. The molecule has 0 N–H and O–H groups in total. The SMILES string of the molecule is CCCCC1=[N+](CC(C)c2ccccc2)C(C)(C2CCCC2)C(=C(C)I)O1.[I-]. The van der Waals surface area contributed by atoms with Gasteiger partial charge in [0.15, 0.2) is 12.3 Å². The molecule has 0 amide bonds. The molecular weight excluding hydrogens is 572 g/mol. The van der Waals surface area contributed by atoms with E-state index in [0.717, 1.165) is 13.0 Å². The Balaban J connectivity index is 0.00000280. The zero-order valence-electron chi connectivity index (χ0n) is 17.8. The second-order valence-corrected chi connectivity index (χ2v) is 10.1. The molecule has 156 valence electrons. The number of hydrogen-bond acceptors (Lipinski definition) is 1. The number of ether oxygens (including phenoxy) is 1. The molecule has 0 bridgehead atoms. The quantitative estimate of drug-likeness (QED) is 0.337. The van der Waals surface area contributed by atoms with E-state index in [1.165, 1.54) is 59.3 Å². The van der Waals surface area contributed by atoms with Crippen LogP contribution < -0.4 is 24.0 Å². The van der Waals surface area contributed by atoms with Gasteiger partial charge >= 0.3 is 5.90 Å². The van der Waals surface area contributed by atoms with E-state index in [9.17, 15) is 0 Å². The Morgan fingerprint density at radius 3 is 2.46 bits per heavy atom. The Morgan fingerprint density at radius 1 is 1.25 bits per heavy atom. The number of halogens is 2. The molecule has 1 heterocycles. The molecule has 2 nitrogen and oxygen atoms in total. The number of benzene rings is 1. The highest BCUT2D eigenvalue weighted by Gasteiger charge is 2.57. The first-order chi connectivity index (χ1) is 13.0. The maximum absolute atomic E-state index is 6.62. The summed E-state index contributed by atoms with van der Waals surface area (Å²) in [4.78, 5) is 0. The summed E-state index contributed by atoms with van der Waals surface area (Å²) in [6.45, 7) is 10.3. The lowest BCUT2D eigenvalue weighted by molar-refractivity contribution is -0.601. The lowest BCUT2D eigenvalue weighted by Gasteiger charge is -2.29. The summed E-state index contributed by atoms with van der Waals surface area (Å²) in [5.41, 5.74) is 1.43. The highest BCUT2D eigenvalue weighted by Crippen LogP contribution is 2.46. The zero-order chi connectivity index (χ0) is 19.4. The molecule has 1 aliphatic carbocycles. The summed E-state index contributed by atoms with van der Waals surface area (Å²) in [6, 6.07) is 11.0. The van der Waals surface area contributed by atoms with Gasteiger partial charge in [-0.25, -0.2) is 0 Å².